The van der Waals surface area contributed by atoms with Crippen LogP contribution in [0.1, 0.15) is 44.8 Å². The summed E-state index contributed by atoms with van der Waals surface area (Å²) in [4.78, 5) is 2.57. The molecule has 3 heteroatoms. The van der Waals surface area contributed by atoms with Crippen molar-refractivity contribution >= 4 is 0 Å². The van der Waals surface area contributed by atoms with Crippen molar-refractivity contribution in [3.63, 3.8) is 0 Å². The largest absolute Gasteiger partial charge is 0.465 e. The Hall–Kier alpha value is -0.800. The van der Waals surface area contributed by atoms with Crippen molar-refractivity contribution in [2.75, 3.05) is 13.6 Å². The van der Waals surface area contributed by atoms with E-state index in [0.717, 1.165) is 18.1 Å². The van der Waals surface area contributed by atoms with E-state index in [-0.39, 0.29) is 0 Å². The molecule has 1 aliphatic heterocycles. The molecule has 0 aromatic carbocycles. The van der Waals surface area contributed by atoms with Crippen LogP contribution < -0.4 is 5.32 Å². The number of likely N-dealkylation sites (tertiary alicyclic amines) is 1. The maximum Gasteiger partial charge on any atom is 0.121 e. The molecule has 2 rings (SSSR count). The van der Waals surface area contributed by atoms with Crippen molar-refractivity contribution in [1.82, 2.24) is 10.2 Å². The molecule has 1 N–H and O–H groups in total. The zero-order chi connectivity index (χ0) is 13.3. The van der Waals surface area contributed by atoms with E-state index in [0.29, 0.717) is 24.0 Å². The number of hydrogen-bond acceptors (Lipinski definition) is 3. The highest BCUT2D eigenvalue weighted by molar-refractivity contribution is 5.10. The average molecular weight is 250 g/mol. The number of piperidine rings is 1. The van der Waals surface area contributed by atoms with Gasteiger partial charge in [-0.3, -0.25) is 4.90 Å². The van der Waals surface area contributed by atoms with Gasteiger partial charge in [0.2, 0.25) is 0 Å². The van der Waals surface area contributed by atoms with Crippen LogP contribution in [0.4, 0.5) is 0 Å². The fraction of sp³-hybridized carbons (Fsp3) is 0.733. The molecule has 0 aliphatic carbocycles. The normalized spacial score (nSPS) is 31.5. The van der Waals surface area contributed by atoms with Crippen molar-refractivity contribution in [2.24, 2.45) is 5.92 Å². The molecule has 2 heterocycles. The summed E-state index contributed by atoms with van der Waals surface area (Å²) in [5, 5.41) is 3.44. The fourth-order valence-corrected chi connectivity index (χ4v) is 3.19. The fourth-order valence-electron chi connectivity index (χ4n) is 3.19. The average Bonchev–Trinajstić information content (AvgIpc) is 2.78. The lowest BCUT2D eigenvalue weighted by molar-refractivity contribution is 0.0463. The summed E-state index contributed by atoms with van der Waals surface area (Å²) in [6, 6.07) is 5.76. The standard InChI is InChI=1S/C15H26N2O/c1-10-6-7-15(18-10)13(4)17-9-8-14(16-5)11(2)12(17)3/h6-7,11-14,16H,8-9H2,1-5H3. The van der Waals surface area contributed by atoms with Gasteiger partial charge in [-0.25, -0.2) is 0 Å². The SMILES string of the molecule is CNC1CCN(C(C)c2ccc(C)o2)C(C)C1C. The van der Waals surface area contributed by atoms with E-state index in [1.165, 1.54) is 6.42 Å². The van der Waals surface area contributed by atoms with E-state index in [2.05, 4.69) is 50.2 Å². The molecule has 0 spiro atoms. The van der Waals surface area contributed by atoms with Crippen LogP contribution in [0.25, 0.3) is 0 Å². The summed E-state index contributed by atoms with van der Waals surface area (Å²) in [6.45, 7) is 10.1. The second-order valence-electron chi connectivity index (χ2n) is 5.65. The Morgan fingerprint density at radius 3 is 2.67 bits per heavy atom. The van der Waals surface area contributed by atoms with E-state index in [1.54, 1.807) is 0 Å². The van der Waals surface area contributed by atoms with E-state index < -0.39 is 0 Å². The lowest BCUT2D eigenvalue weighted by Crippen LogP contribution is -2.53. The molecule has 4 unspecified atom stereocenters. The molecule has 0 amide bonds. The van der Waals surface area contributed by atoms with E-state index >= 15 is 0 Å². The molecule has 1 saturated heterocycles. The summed E-state index contributed by atoms with van der Waals surface area (Å²) < 4.78 is 5.78. The Balaban J connectivity index is 2.09. The van der Waals surface area contributed by atoms with Crippen LogP contribution >= 0.6 is 0 Å². The topological polar surface area (TPSA) is 28.4 Å². The van der Waals surface area contributed by atoms with Crippen molar-refractivity contribution in [2.45, 2.75) is 52.2 Å². The Kier molecular flexibility index (Phi) is 4.13. The Labute approximate surface area is 111 Å². The molecule has 4 atom stereocenters. The molecule has 0 bridgehead atoms. The zero-order valence-corrected chi connectivity index (χ0v) is 12.2. The smallest absolute Gasteiger partial charge is 0.121 e. The van der Waals surface area contributed by atoms with Gasteiger partial charge in [-0.1, -0.05) is 6.92 Å². The van der Waals surface area contributed by atoms with Crippen LogP contribution in [-0.2, 0) is 0 Å². The Morgan fingerprint density at radius 2 is 2.11 bits per heavy atom. The van der Waals surface area contributed by atoms with Gasteiger partial charge in [0.1, 0.15) is 11.5 Å². The van der Waals surface area contributed by atoms with Gasteiger partial charge in [-0.2, -0.15) is 0 Å². The van der Waals surface area contributed by atoms with Crippen molar-refractivity contribution in [1.29, 1.82) is 0 Å². The molecule has 1 fully saturated rings. The van der Waals surface area contributed by atoms with Crippen LogP contribution in [0.5, 0.6) is 0 Å². The molecule has 0 saturated carbocycles. The number of aryl methyl sites for hydroxylation is 1. The summed E-state index contributed by atoms with van der Waals surface area (Å²) >= 11 is 0. The minimum atomic E-state index is 0.369. The van der Waals surface area contributed by atoms with Crippen molar-refractivity contribution in [3.8, 4) is 0 Å². The highest BCUT2D eigenvalue weighted by Crippen LogP contribution is 2.32. The van der Waals surface area contributed by atoms with E-state index in [1.807, 2.05) is 6.92 Å². The number of hydrogen-bond donors (Lipinski definition) is 1. The van der Waals surface area contributed by atoms with Crippen LogP contribution in [-0.4, -0.2) is 30.6 Å². The molecular formula is C15H26N2O. The molecular weight excluding hydrogens is 224 g/mol. The summed E-state index contributed by atoms with van der Waals surface area (Å²) in [5.41, 5.74) is 0. The third kappa shape index (κ3) is 2.47. The highest BCUT2D eigenvalue weighted by atomic mass is 16.3. The van der Waals surface area contributed by atoms with Crippen LogP contribution in [0.2, 0.25) is 0 Å². The summed E-state index contributed by atoms with van der Waals surface area (Å²) in [6.07, 6.45) is 1.21. The molecule has 102 valence electrons. The van der Waals surface area contributed by atoms with Crippen LogP contribution in [0.3, 0.4) is 0 Å². The van der Waals surface area contributed by atoms with Crippen LogP contribution in [0.15, 0.2) is 16.5 Å². The first-order chi connectivity index (χ1) is 8.54. The van der Waals surface area contributed by atoms with Gasteiger partial charge in [0.15, 0.2) is 0 Å². The molecule has 1 aromatic rings. The van der Waals surface area contributed by atoms with Gasteiger partial charge in [0.05, 0.1) is 6.04 Å². The first kappa shape index (κ1) is 13.6. The van der Waals surface area contributed by atoms with Crippen molar-refractivity contribution in [3.05, 3.63) is 23.7 Å². The molecule has 3 nitrogen and oxygen atoms in total. The Morgan fingerprint density at radius 1 is 1.39 bits per heavy atom. The predicted molar refractivity (Wildman–Crippen MR) is 74.7 cm³/mol. The number of nitrogens with one attached hydrogen (secondary N) is 1. The molecule has 18 heavy (non-hydrogen) atoms. The minimum absolute atomic E-state index is 0.369. The second-order valence-corrected chi connectivity index (χ2v) is 5.65. The summed E-state index contributed by atoms with van der Waals surface area (Å²) in [5.74, 6) is 2.76. The number of rotatable bonds is 3. The lowest BCUT2D eigenvalue weighted by Gasteiger charge is -2.45. The first-order valence-electron chi connectivity index (χ1n) is 7.04. The highest BCUT2D eigenvalue weighted by Gasteiger charge is 2.34. The van der Waals surface area contributed by atoms with Crippen LogP contribution in [0, 0.1) is 12.8 Å². The van der Waals surface area contributed by atoms with E-state index in [9.17, 15) is 0 Å². The van der Waals surface area contributed by atoms with Gasteiger partial charge in [-0.05, 0) is 52.3 Å². The van der Waals surface area contributed by atoms with E-state index in [4.69, 9.17) is 4.42 Å². The molecule has 1 aliphatic rings. The number of nitrogens with zero attached hydrogens (tertiary/aromatic N) is 1. The maximum absolute atomic E-state index is 5.78. The van der Waals surface area contributed by atoms with Gasteiger partial charge in [0.25, 0.3) is 0 Å². The lowest BCUT2D eigenvalue weighted by atomic mass is 9.86. The maximum atomic E-state index is 5.78. The third-order valence-electron chi connectivity index (χ3n) is 4.66. The first-order valence-corrected chi connectivity index (χ1v) is 7.04. The zero-order valence-electron chi connectivity index (χ0n) is 12.2. The Bertz CT molecular complexity index is 388. The van der Waals surface area contributed by atoms with Gasteiger partial charge in [0, 0.05) is 18.6 Å². The number of furan rings is 1. The van der Waals surface area contributed by atoms with Gasteiger partial charge < -0.3 is 9.73 Å². The predicted octanol–water partition coefficient (Wildman–Crippen LogP) is 2.97. The summed E-state index contributed by atoms with van der Waals surface area (Å²) in [7, 11) is 2.07. The molecule has 0 radical (unpaired) electrons. The van der Waals surface area contributed by atoms with Gasteiger partial charge >= 0.3 is 0 Å². The second kappa shape index (κ2) is 5.45. The third-order valence-corrected chi connectivity index (χ3v) is 4.66. The molecule has 1 aromatic heterocycles. The monoisotopic (exact) mass is 250 g/mol. The van der Waals surface area contributed by atoms with Gasteiger partial charge in [-0.15, -0.1) is 0 Å². The quantitative estimate of drug-likeness (QED) is 0.894. The minimum Gasteiger partial charge on any atom is -0.465 e. The van der Waals surface area contributed by atoms with Crippen molar-refractivity contribution < 1.29 is 4.42 Å².